The lowest BCUT2D eigenvalue weighted by Gasteiger charge is -2.07. The van der Waals surface area contributed by atoms with Crippen LogP contribution in [-0.2, 0) is 0 Å². The number of rotatable bonds is 5. The van der Waals surface area contributed by atoms with Crippen LogP contribution in [-0.4, -0.2) is 31.5 Å². The van der Waals surface area contributed by atoms with Gasteiger partial charge < -0.3 is 9.13 Å². The number of aromatic nitrogens is 4. The van der Waals surface area contributed by atoms with Gasteiger partial charge in [-0.15, -0.1) is 0 Å². The highest BCUT2D eigenvalue weighted by atomic mass is 35.5. The van der Waals surface area contributed by atoms with Gasteiger partial charge in [0.15, 0.2) is 10.3 Å². The molecule has 4 rings (SSSR count). The zero-order valence-corrected chi connectivity index (χ0v) is 16.0. The van der Waals surface area contributed by atoms with Crippen LogP contribution in [0.2, 0.25) is 10.3 Å². The molecular weight excluding hydrogens is 395 g/mol. The molecule has 28 heavy (non-hydrogen) atoms. The van der Waals surface area contributed by atoms with E-state index in [2.05, 4.69) is 20.2 Å². The molecule has 4 aromatic rings. The zero-order chi connectivity index (χ0) is 19.3. The molecule has 0 aliphatic carbocycles. The average Bonchev–Trinajstić information content (AvgIpc) is 3.35. The highest BCUT2D eigenvalue weighted by Crippen LogP contribution is 2.20. The van der Waals surface area contributed by atoms with Crippen LogP contribution in [0.25, 0.3) is 11.4 Å². The fourth-order valence-electron chi connectivity index (χ4n) is 2.74. The monoisotopic (exact) mass is 408 g/mol. The van der Waals surface area contributed by atoms with E-state index in [1.54, 1.807) is 24.8 Å². The standard InChI is InChI=1S/C20H14Cl2N6/c21-19-17(7-1-9-23-19)27-11-3-5-15(27)13-25-26-14-16-6-4-12-28(16)18-8-2-10-24-20(18)22/h1-14H. The fraction of sp³-hybridized carbons (Fsp3) is 0. The summed E-state index contributed by atoms with van der Waals surface area (Å²) < 4.78 is 3.79. The summed E-state index contributed by atoms with van der Waals surface area (Å²) in [5.74, 6) is 0. The van der Waals surface area contributed by atoms with Crippen molar-refractivity contribution in [3.8, 4) is 11.4 Å². The Hall–Kier alpha value is -3.22. The minimum atomic E-state index is 0.419. The van der Waals surface area contributed by atoms with Crippen LogP contribution in [0.4, 0.5) is 0 Å². The van der Waals surface area contributed by atoms with Crippen LogP contribution in [0.5, 0.6) is 0 Å². The molecular formula is C20H14Cl2N6. The maximum atomic E-state index is 6.18. The van der Waals surface area contributed by atoms with Gasteiger partial charge in [-0.2, -0.15) is 10.2 Å². The summed E-state index contributed by atoms with van der Waals surface area (Å²) in [5, 5.41) is 9.16. The molecule has 0 aliphatic rings. The van der Waals surface area contributed by atoms with Crippen molar-refractivity contribution >= 4 is 35.6 Å². The predicted molar refractivity (Wildman–Crippen MR) is 112 cm³/mol. The molecule has 0 unspecified atom stereocenters. The summed E-state index contributed by atoms with van der Waals surface area (Å²) in [6.07, 6.45) is 10.4. The Morgan fingerprint density at radius 3 is 1.57 bits per heavy atom. The topological polar surface area (TPSA) is 60.4 Å². The van der Waals surface area contributed by atoms with E-state index in [1.807, 2.05) is 70.1 Å². The van der Waals surface area contributed by atoms with E-state index in [0.29, 0.717) is 10.3 Å². The summed E-state index contributed by atoms with van der Waals surface area (Å²) >= 11 is 12.4. The second-order valence-corrected chi connectivity index (χ2v) is 6.44. The maximum absolute atomic E-state index is 6.18. The Balaban J connectivity index is 1.56. The Morgan fingerprint density at radius 1 is 0.679 bits per heavy atom. The van der Waals surface area contributed by atoms with Crippen molar-refractivity contribution in [2.75, 3.05) is 0 Å². The number of hydrogen-bond acceptors (Lipinski definition) is 4. The van der Waals surface area contributed by atoms with Gasteiger partial charge in [0.2, 0.25) is 0 Å². The zero-order valence-electron chi connectivity index (χ0n) is 14.5. The van der Waals surface area contributed by atoms with Crippen molar-refractivity contribution in [1.82, 2.24) is 19.1 Å². The number of pyridine rings is 2. The summed E-state index contributed by atoms with van der Waals surface area (Å²) in [4.78, 5) is 8.21. The molecule has 0 atom stereocenters. The Morgan fingerprint density at radius 2 is 1.14 bits per heavy atom. The molecule has 4 heterocycles. The van der Waals surface area contributed by atoms with Gasteiger partial charge in [-0.3, -0.25) is 0 Å². The lowest BCUT2D eigenvalue weighted by Crippen LogP contribution is -2.00. The van der Waals surface area contributed by atoms with Gasteiger partial charge in [0, 0.05) is 24.8 Å². The van der Waals surface area contributed by atoms with Gasteiger partial charge in [0.1, 0.15) is 0 Å². The smallest absolute Gasteiger partial charge is 0.152 e. The second kappa shape index (κ2) is 8.21. The van der Waals surface area contributed by atoms with Crippen molar-refractivity contribution < 1.29 is 0 Å². The van der Waals surface area contributed by atoms with Gasteiger partial charge in [0.05, 0.1) is 35.2 Å². The van der Waals surface area contributed by atoms with E-state index >= 15 is 0 Å². The number of halogens is 2. The SMILES string of the molecule is Clc1ncccc1-n1cccc1C=NN=Cc1cccn1-c1cccnc1Cl. The largest absolute Gasteiger partial charge is 0.313 e. The van der Waals surface area contributed by atoms with Crippen LogP contribution >= 0.6 is 23.2 Å². The molecule has 0 N–H and O–H groups in total. The van der Waals surface area contributed by atoms with Crippen LogP contribution in [0.1, 0.15) is 11.4 Å². The molecule has 0 radical (unpaired) electrons. The molecule has 0 amide bonds. The van der Waals surface area contributed by atoms with E-state index in [0.717, 1.165) is 22.8 Å². The van der Waals surface area contributed by atoms with E-state index in [4.69, 9.17) is 23.2 Å². The number of hydrogen-bond donors (Lipinski definition) is 0. The normalized spacial score (nSPS) is 11.6. The lowest BCUT2D eigenvalue weighted by atomic mass is 10.4. The van der Waals surface area contributed by atoms with Crippen LogP contribution in [0.3, 0.4) is 0 Å². The first kappa shape index (κ1) is 18.2. The quantitative estimate of drug-likeness (QED) is 0.270. The van der Waals surface area contributed by atoms with Crippen molar-refractivity contribution in [1.29, 1.82) is 0 Å². The summed E-state index contributed by atoms with van der Waals surface area (Å²) in [6.45, 7) is 0. The minimum absolute atomic E-state index is 0.419. The molecule has 8 heteroatoms. The summed E-state index contributed by atoms with van der Waals surface area (Å²) in [7, 11) is 0. The molecule has 0 saturated heterocycles. The first-order chi connectivity index (χ1) is 13.7. The number of nitrogens with zero attached hydrogens (tertiary/aromatic N) is 6. The molecule has 6 nitrogen and oxygen atoms in total. The van der Waals surface area contributed by atoms with E-state index in [9.17, 15) is 0 Å². The molecule has 0 aromatic carbocycles. The van der Waals surface area contributed by atoms with E-state index < -0.39 is 0 Å². The molecule has 0 bridgehead atoms. The fourth-order valence-corrected chi connectivity index (χ4v) is 3.16. The third kappa shape index (κ3) is 3.74. The van der Waals surface area contributed by atoms with Crippen molar-refractivity contribution in [2.24, 2.45) is 10.2 Å². The van der Waals surface area contributed by atoms with E-state index in [1.165, 1.54) is 0 Å². The molecule has 4 aromatic heterocycles. The summed E-state index contributed by atoms with van der Waals surface area (Å²) in [5.41, 5.74) is 3.22. The van der Waals surface area contributed by atoms with Crippen molar-refractivity contribution in [3.63, 3.8) is 0 Å². The first-order valence-corrected chi connectivity index (χ1v) is 9.12. The summed E-state index contributed by atoms with van der Waals surface area (Å²) in [6, 6.07) is 15.1. The first-order valence-electron chi connectivity index (χ1n) is 8.37. The highest BCUT2D eigenvalue weighted by Gasteiger charge is 2.07. The van der Waals surface area contributed by atoms with Gasteiger partial charge in [-0.1, -0.05) is 23.2 Å². The van der Waals surface area contributed by atoms with Crippen molar-refractivity contribution in [3.05, 3.63) is 95.0 Å². The molecule has 0 spiro atoms. The molecule has 138 valence electrons. The third-order valence-corrected chi connectivity index (χ3v) is 4.59. The Kier molecular flexibility index (Phi) is 5.32. The van der Waals surface area contributed by atoms with Crippen molar-refractivity contribution in [2.45, 2.75) is 0 Å². The lowest BCUT2D eigenvalue weighted by molar-refractivity contribution is 1.04. The highest BCUT2D eigenvalue weighted by molar-refractivity contribution is 6.31. The third-order valence-electron chi connectivity index (χ3n) is 4.01. The van der Waals surface area contributed by atoms with Gasteiger partial charge in [0.25, 0.3) is 0 Å². The van der Waals surface area contributed by atoms with Gasteiger partial charge >= 0.3 is 0 Å². The minimum Gasteiger partial charge on any atom is -0.313 e. The second-order valence-electron chi connectivity index (χ2n) is 5.72. The van der Waals surface area contributed by atoms with Crippen LogP contribution in [0.15, 0.2) is 83.5 Å². The van der Waals surface area contributed by atoms with Gasteiger partial charge in [-0.05, 0) is 48.5 Å². The van der Waals surface area contributed by atoms with E-state index in [-0.39, 0.29) is 0 Å². The Bertz CT molecular complexity index is 1070. The predicted octanol–water partition coefficient (Wildman–Crippen LogP) is 4.82. The van der Waals surface area contributed by atoms with Crippen LogP contribution in [0, 0.1) is 0 Å². The molecule has 0 fully saturated rings. The molecule has 0 saturated carbocycles. The molecule has 0 aliphatic heterocycles. The van der Waals surface area contributed by atoms with Crippen LogP contribution < -0.4 is 0 Å². The average molecular weight is 409 g/mol. The van der Waals surface area contributed by atoms with Gasteiger partial charge in [-0.25, -0.2) is 9.97 Å². The maximum Gasteiger partial charge on any atom is 0.152 e. The Labute approximate surface area is 171 Å².